The third-order valence-electron chi connectivity index (χ3n) is 3.52. The van der Waals surface area contributed by atoms with Gasteiger partial charge in [-0.1, -0.05) is 43.2 Å². The van der Waals surface area contributed by atoms with Crippen LogP contribution >= 0.6 is 11.6 Å². The molecule has 0 bridgehead atoms. The van der Waals surface area contributed by atoms with E-state index in [4.69, 9.17) is 16.3 Å². The molecule has 1 N–H and O–H groups in total. The first-order valence-corrected chi connectivity index (χ1v) is 8.73. The summed E-state index contributed by atoms with van der Waals surface area (Å²) in [5.74, 6) is 1.05. The Morgan fingerprint density at radius 3 is 2.80 bits per heavy atom. The average molecular weight is 359 g/mol. The van der Waals surface area contributed by atoms with E-state index in [1.807, 2.05) is 43.3 Å². The van der Waals surface area contributed by atoms with Crippen LogP contribution in [0.4, 0.5) is 0 Å². The predicted molar refractivity (Wildman–Crippen MR) is 102 cm³/mol. The van der Waals surface area contributed by atoms with Crippen molar-refractivity contribution in [3.05, 3.63) is 58.8 Å². The number of nitrogens with one attached hydrogen (secondary N) is 1. The monoisotopic (exact) mass is 358 g/mol. The Morgan fingerprint density at radius 2 is 2.16 bits per heavy atom. The molecule has 25 heavy (non-hydrogen) atoms. The summed E-state index contributed by atoms with van der Waals surface area (Å²) in [5, 5.41) is 3.36. The standard InChI is InChI=1S/C20H23ClN2O2/c1-4-5-16-8-10-18(21)19(12-16)25-20-11-9-17(13-22-20)7-6-14(2)23-15(3)24/h6-14H,4-5H2,1-3H3,(H,23,24)/b7-6+/t14-/m0/s1. The second kappa shape index (κ2) is 9.23. The van der Waals surface area contributed by atoms with Crippen molar-refractivity contribution in [1.82, 2.24) is 10.3 Å². The molecule has 0 aliphatic carbocycles. The van der Waals surface area contributed by atoms with Gasteiger partial charge in [0.25, 0.3) is 0 Å². The summed E-state index contributed by atoms with van der Waals surface area (Å²) < 4.78 is 5.81. The molecule has 0 aliphatic heterocycles. The van der Waals surface area contributed by atoms with E-state index in [9.17, 15) is 4.79 Å². The van der Waals surface area contributed by atoms with Gasteiger partial charge >= 0.3 is 0 Å². The van der Waals surface area contributed by atoms with E-state index in [0.717, 1.165) is 18.4 Å². The second-order valence-electron chi connectivity index (χ2n) is 5.89. The number of carbonyl (C=O) groups is 1. The molecule has 5 heteroatoms. The van der Waals surface area contributed by atoms with Crippen molar-refractivity contribution < 1.29 is 9.53 Å². The molecule has 4 nitrogen and oxygen atoms in total. The maximum atomic E-state index is 11.0. The molecule has 0 spiro atoms. The van der Waals surface area contributed by atoms with E-state index in [-0.39, 0.29) is 11.9 Å². The van der Waals surface area contributed by atoms with Crippen LogP contribution in [0.2, 0.25) is 5.02 Å². The van der Waals surface area contributed by atoms with Crippen LogP contribution in [0.25, 0.3) is 6.08 Å². The van der Waals surface area contributed by atoms with Crippen LogP contribution in [-0.2, 0) is 11.2 Å². The SMILES string of the molecule is CCCc1ccc(Cl)c(Oc2ccc(/C=C/[C@H](C)NC(C)=O)cn2)c1. The molecule has 1 amide bonds. The molecular weight excluding hydrogens is 336 g/mol. The molecule has 0 fully saturated rings. The van der Waals surface area contributed by atoms with Crippen LogP contribution in [0, 0.1) is 0 Å². The Kier molecular flexibility index (Phi) is 7.02. The van der Waals surface area contributed by atoms with Crippen molar-refractivity contribution >= 4 is 23.6 Å². The number of nitrogens with zero attached hydrogens (tertiary/aromatic N) is 1. The Balaban J connectivity index is 2.04. The van der Waals surface area contributed by atoms with Crippen molar-refractivity contribution in [2.24, 2.45) is 0 Å². The molecule has 0 aliphatic rings. The zero-order chi connectivity index (χ0) is 18.2. The number of carbonyl (C=O) groups excluding carboxylic acids is 1. The number of benzene rings is 1. The first kappa shape index (κ1) is 19.0. The highest BCUT2D eigenvalue weighted by Crippen LogP contribution is 2.30. The lowest BCUT2D eigenvalue weighted by molar-refractivity contribution is -0.119. The summed E-state index contributed by atoms with van der Waals surface area (Å²) >= 11 is 6.21. The lowest BCUT2D eigenvalue weighted by Crippen LogP contribution is -2.28. The van der Waals surface area contributed by atoms with Gasteiger partial charge in [-0.15, -0.1) is 0 Å². The number of hydrogen-bond acceptors (Lipinski definition) is 3. The van der Waals surface area contributed by atoms with Crippen LogP contribution in [0.1, 0.15) is 38.3 Å². The molecule has 0 unspecified atom stereocenters. The van der Waals surface area contributed by atoms with E-state index in [0.29, 0.717) is 16.7 Å². The van der Waals surface area contributed by atoms with Crippen molar-refractivity contribution in [2.45, 2.75) is 39.7 Å². The fraction of sp³-hybridized carbons (Fsp3) is 0.300. The second-order valence-corrected chi connectivity index (χ2v) is 6.30. The van der Waals surface area contributed by atoms with E-state index < -0.39 is 0 Å². The first-order chi connectivity index (χ1) is 12.0. The van der Waals surface area contributed by atoms with Gasteiger partial charge in [-0.2, -0.15) is 0 Å². The normalized spacial score (nSPS) is 12.2. The zero-order valence-corrected chi connectivity index (χ0v) is 15.5. The van der Waals surface area contributed by atoms with E-state index in [2.05, 4.69) is 17.2 Å². The number of aromatic nitrogens is 1. The number of halogens is 1. The molecule has 0 saturated heterocycles. The number of hydrogen-bond donors (Lipinski definition) is 1. The summed E-state index contributed by atoms with van der Waals surface area (Å²) in [4.78, 5) is 15.3. The van der Waals surface area contributed by atoms with Crippen molar-refractivity contribution in [3.8, 4) is 11.6 Å². The van der Waals surface area contributed by atoms with Crippen molar-refractivity contribution in [1.29, 1.82) is 0 Å². The predicted octanol–water partition coefficient (Wildman–Crippen LogP) is 5.02. The minimum Gasteiger partial charge on any atom is -0.437 e. The summed E-state index contributed by atoms with van der Waals surface area (Å²) in [6.07, 6.45) is 7.58. The van der Waals surface area contributed by atoms with Crippen molar-refractivity contribution in [3.63, 3.8) is 0 Å². The lowest BCUT2D eigenvalue weighted by atomic mass is 10.1. The molecule has 2 rings (SSSR count). The highest BCUT2D eigenvalue weighted by Gasteiger charge is 2.06. The smallest absolute Gasteiger partial charge is 0.219 e. The fourth-order valence-electron chi connectivity index (χ4n) is 2.36. The summed E-state index contributed by atoms with van der Waals surface area (Å²) in [6.45, 7) is 5.54. The fourth-order valence-corrected chi connectivity index (χ4v) is 2.51. The third-order valence-corrected chi connectivity index (χ3v) is 3.83. The topological polar surface area (TPSA) is 51.2 Å². The molecular formula is C20H23ClN2O2. The maximum absolute atomic E-state index is 11.0. The minimum absolute atomic E-state index is 0.0338. The van der Waals surface area contributed by atoms with Gasteiger partial charge in [-0.05, 0) is 42.7 Å². The van der Waals surface area contributed by atoms with Crippen LogP contribution in [0.5, 0.6) is 11.6 Å². The molecule has 0 radical (unpaired) electrons. The Hall–Kier alpha value is -2.33. The number of aryl methyl sites for hydroxylation is 1. The van der Waals surface area contributed by atoms with Crippen LogP contribution in [0.15, 0.2) is 42.6 Å². The van der Waals surface area contributed by atoms with Gasteiger partial charge in [0, 0.05) is 25.2 Å². The highest BCUT2D eigenvalue weighted by atomic mass is 35.5. The quantitative estimate of drug-likeness (QED) is 0.756. The molecule has 2 aromatic rings. The molecule has 1 aromatic heterocycles. The highest BCUT2D eigenvalue weighted by molar-refractivity contribution is 6.32. The molecule has 0 saturated carbocycles. The van der Waals surface area contributed by atoms with Gasteiger partial charge in [-0.3, -0.25) is 4.79 Å². The number of ether oxygens (including phenoxy) is 1. The number of pyridine rings is 1. The van der Waals surface area contributed by atoms with Gasteiger partial charge in [0.15, 0.2) is 0 Å². The first-order valence-electron chi connectivity index (χ1n) is 8.35. The van der Waals surface area contributed by atoms with Gasteiger partial charge < -0.3 is 10.1 Å². The Bertz CT molecular complexity index is 742. The van der Waals surface area contributed by atoms with Gasteiger partial charge in [0.05, 0.1) is 5.02 Å². The average Bonchev–Trinajstić information content (AvgIpc) is 2.57. The van der Waals surface area contributed by atoms with Crippen LogP contribution in [-0.4, -0.2) is 16.9 Å². The number of amides is 1. The minimum atomic E-state index is -0.0544. The Morgan fingerprint density at radius 1 is 1.36 bits per heavy atom. The largest absolute Gasteiger partial charge is 0.437 e. The van der Waals surface area contributed by atoms with Gasteiger partial charge in [0.1, 0.15) is 5.75 Å². The molecule has 1 atom stereocenters. The van der Waals surface area contributed by atoms with Gasteiger partial charge in [0.2, 0.25) is 11.8 Å². The summed E-state index contributed by atoms with van der Waals surface area (Å²) in [5.41, 5.74) is 2.11. The van der Waals surface area contributed by atoms with Crippen LogP contribution < -0.4 is 10.1 Å². The lowest BCUT2D eigenvalue weighted by Gasteiger charge is -2.09. The zero-order valence-electron chi connectivity index (χ0n) is 14.8. The third kappa shape index (κ3) is 6.24. The molecule has 132 valence electrons. The van der Waals surface area contributed by atoms with Gasteiger partial charge in [-0.25, -0.2) is 4.98 Å². The summed E-state index contributed by atoms with van der Waals surface area (Å²) in [7, 11) is 0. The van der Waals surface area contributed by atoms with E-state index >= 15 is 0 Å². The van der Waals surface area contributed by atoms with Crippen LogP contribution in [0.3, 0.4) is 0 Å². The molecule has 1 heterocycles. The van der Waals surface area contributed by atoms with E-state index in [1.54, 1.807) is 12.3 Å². The summed E-state index contributed by atoms with van der Waals surface area (Å²) in [6, 6.07) is 9.48. The van der Waals surface area contributed by atoms with Crippen molar-refractivity contribution in [2.75, 3.05) is 0 Å². The molecule has 1 aromatic carbocycles. The van der Waals surface area contributed by atoms with E-state index in [1.165, 1.54) is 12.5 Å². The Labute approximate surface area is 153 Å². The maximum Gasteiger partial charge on any atom is 0.219 e. The number of rotatable bonds is 7.